The third-order valence-electron chi connectivity index (χ3n) is 1.80. The van der Waals surface area contributed by atoms with Crippen molar-refractivity contribution in [3.8, 4) is 5.75 Å². The average Bonchev–Trinajstić information content (AvgIpc) is 2.37. The highest BCUT2D eigenvalue weighted by atomic mass is 32.2. The Kier molecular flexibility index (Phi) is 9.96. The summed E-state index contributed by atoms with van der Waals surface area (Å²) in [5.74, 6) is -3.62. The predicted octanol–water partition coefficient (Wildman–Crippen LogP) is 0.909. The van der Waals surface area contributed by atoms with Crippen LogP contribution in [0.15, 0.2) is 23.1 Å². The first kappa shape index (κ1) is 22.6. The molecule has 1 rings (SSSR count). The number of aliphatic carboxylic acids is 2. The molecule has 0 fully saturated rings. The third kappa shape index (κ3) is 11.7. The predicted molar refractivity (Wildman–Crippen MR) is 76.1 cm³/mol. The zero-order valence-corrected chi connectivity index (χ0v) is 12.9. The molecule has 5 N–H and O–H groups in total. The van der Waals surface area contributed by atoms with Crippen LogP contribution in [0.1, 0.15) is 30.6 Å². The second-order valence-electron chi connectivity index (χ2n) is 3.73. The standard InChI is InChI=1S/C7H6O6S.C3H6O2.C2H4O2/c8-6-2-1-4(14(11,12)13)3-5(6)7(9)10;1-2-3(4)5;1-2(3)4/h1-3,8H,(H,9,10)(H,11,12,13);2H2,1H3,(H,4,5);1H3,(H,3,4). The van der Waals surface area contributed by atoms with Gasteiger partial charge in [0, 0.05) is 13.3 Å². The minimum atomic E-state index is -4.45. The van der Waals surface area contributed by atoms with Gasteiger partial charge < -0.3 is 20.4 Å². The van der Waals surface area contributed by atoms with Crippen molar-refractivity contribution in [1.29, 1.82) is 0 Å². The van der Waals surface area contributed by atoms with Crippen LogP contribution in [0.3, 0.4) is 0 Å². The summed E-state index contributed by atoms with van der Waals surface area (Å²) in [5, 5.41) is 32.7. The van der Waals surface area contributed by atoms with Crippen LogP contribution < -0.4 is 0 Å². The van der Waals surface area contributed by atoms with Crippen molar-refractivity contribution in [2.75, 3.05) is 0 Å². The van der Waals surface area contributed by atoms with Gasteiger partial charge in [0.1, 0.15) is 11.3 Å². The van der Waals surface area contributed by atoms with Crippen LogP contribution in [-0.4, -0.2) is 51.3 Å². The second kappa shape index (κ2) is 10.1. The largest absolute Gasteiger partial charge is 0.507 e. The zero-order valence-electron chi connectivity index (χ0n) is 12.1. The second-order valence-corrected chi connectivity index (χ2v) is 5.15. The Labute approximate surface area is 131 Å². The summed E-state index contributed by atoms with van der Waals surface area (Å²) in [6.07, 6.45) is 0.222. The lowest BCUT2D eigenvalue weighted by molar-refractivity contribution is -0.137. The first-order valence-corrected chi connectivity index (χ1v) is 7.22. The van der Waals surface area contributed by atoms with E-state index in [9.17, 15) is 18.0 Å². The topological polar surface area (TPSA) is 186 Å². The number of hydrogen-bond donors (Lipinski definition) is 5. The number of hydrogen-bond acceptors (Lipinski definition) is 6. The Morgan fingerprint density at radius 3 is 1.74 bits per heavy atom. The average molecular weight is 352 g/mol. The van der Waals surface area contributed by atoms with E-state index in [0.29, 0.717) is 6.07 Å². The Balaban J connectivity index is 0. The molecule has 0 aliphatic heterocycles. The molecule has 0 bridgehead atoms. The van der Waals surface area contributed by atoms with Gasteiger partial charge in [-0.1, -0.05) is 6.92 Å². The van der Waals surface area contributed by atoms with Gasteiger partial charge in [-0.25, -0.2) is 4.79 Å². The molecule has 0 radical (unpaired) electrons. The van der Waals surface area contributed by atoms with Gasteiger partial charge in [-0.2, -0.15) is 8.42 Å². The summed E-state index contributed by atoms with van der Waals surface area (Å²) in [6, 6.07) is 2.46. The molecule has 0 saturated carbocycles. The van der Waals surface area contributed by atoms with Crippen molar-refractivity contribution >= 4 is 28.0 Å². The molecule has 130 valence electrons. The molecule has 0 amide bonds. The van der Waals surface area contributed by atoms with Gasteiger partial charge in [-0.3, -0.25) is 14.1 Å². The summed E-state index contributed by atoms with van der Waals surface area (Å²) >= 11 is 0. The number of carboxylic acids is 3. The Hall–Kier alpha value is -2.66. The van der Waals surface area contributed by atoms with Crippen LogP contribution in [-0.2, 0) is 19.7 Å². The summed E-state index contributed by atoms with van der Waals surface area (Å²) in [6.45, 7) is 2.68. The van der Waals surface area contributed by atoms with Crippen molar-refractivity contribution in [1.82, 2.24) is 0 Å². The molecule has 0 aliphatic carbocycles. The highest BCUT2D eigenvalue weighted by Crippen LogP contribution is 2.20. The molecule has 23 heavy (non-hydrogen) atoms. The number of carboxylic acid groups (broad SMARTS) is 3. The normalized spacial score (nSPS) is 9.52. The molecule has 0 spiro atoms. The van der Waals surface area contributed by atoms with E-state index >= 15 is 0 Å². The Morgan fingerprint density at radius 2 is 1.48 bits per heavy atom. The molecule has 0 saturated heterocycles. The summed E-state index contributed by atoms with van der Waals surface area (Å²) in [5.41, 5.74) is -0.583. The Morgan fingerprint density at radius 1 is 1.09 bits per heavy atom. The van der Waals surface area contributed by atoms with Gasteiger partial charge in [0.05, 0.1) is 4.90 Å². The van der Waals surface area contributed by atoms with Crippen LogP contribution in [0.25, 0.3) is 0 Å². The van der Waals surface area contributed by atoms with Gasteiger partial charge in [-0.15, -0.1) is 0 Å². The third-order valence-corrected chi connectivity index (χ3v) is 2.65. The molecule has 0 aromatic heterocycles. The van der Waals surface area contributed by atoms with E-state index in [2.05, 4.69) is 0 Å². The SMILES string of the molecule is CC(=O)O.CCC(=O)O.O=C(O)c1cc(S(=O)(=O)O)ccc1O. The van der Waals surface area contributed by atoms with Crippen LogP contribution in [0.2, 0.25) is 0 Å². The summed E-state index contributed by atoms with van der Waals surface area (Å²) in [4.78, 5) is 28.3. The van der Waals surface area contributed by atoms with Crippen LogP contribution >= 0.6 is 0 Å². The molecule has 1 aromatic carbocycles. The molecule has 11 heteroatoms. The number of phenols is 1. The van der Waals surface area contributed by atoms with Crippen LogP contribution in [0.4, 0.5) is 0 Å². The zero-order chi connectivity index (χ0) is 18.8. The van der Waals surface area contributed by atoms with Gasteiger partial charge in [-0.05, 0) is 18.2 Å². The molecule has 0 heterocycles. The fraction of sp³-hybridized carbons (Fsp3) is 0.250. The van der Waals surface area contributed by atoms with Crippen molar-refractivity contribution in [3.63, 3.8) is 0 Å². The lowest BCUT2D eigenvalue weighted by Gasteiger charge is -2.01. The fourth-order valence-corrected chi connectivity index (χ4v) is 1.35. The van der Waals surface area contributed by atoms with Crippen molar-refractivity contribution < 1.29 is 47.8 Å². The van der Waals surface area contributed by atoms with E-state index < -0.39 is 44.2 Å². The number of aromatic hydroxyl groups is 1. The molecular weight excluding hydrogens is 336 g/mol. The molecule has 0 unspecified atom stereocenters. The number of aromatic carboxylic acids is 1. The van der Waals surface area contributed by atoms with Gasteiger partial charge in [0.15, 0.2) is 0 Å². The smallest absolute Gasteiger partial charge is 0.339 e. The van der Waals surface area contributed by atoms with E-state index in [0.717, 1.165) is 19.1 Å². The maximum absolute atomic E-state index is 10.6. The van der Waals surface area contributed by atoms with Crippen molar-refractivity contribution in [2.45, 2.75) is 25.2 Å². The van der Waals surface area contributed by atoms with E-state index in [1.54, 1.807) is 6.92 Å². The maximum Gasteiger partial charge on any atom is 0.339 e. The minimum absolute atomic E-state index is 0.222. The fourth-order valence-electron chi connectivity index (χ4n) is 0.847. The highest BCUT2D eigenvalue weighted by molar-refractivity contribution is 7.85. The van der Waals surface area contributed by atoms with Gasteiger partial charge in [0.2, 0.25) is 0 Å². The summed E-state index contributed by atoms with van der Waals surface area (Å²) < 4.78 is 29.8. The number of benzene rings is 1. The van der Waals surface area contributed by atoms with E-state index in [1.807, 2.05) is 0 Å². The molecule has 1 aromatic rings. The quantitative estimate of drug-likeness (QED) is 0.489. The van der Waals surface area contributed by atoms with Crippen LogP contribution in [0, 0.1) is 0 Å². The van der Waals surface area contributed by atoms with Gasteiger partial charge >= 0.3 is 11.9 Å². The van der Waals surface area contributed by atoms with Crippen molar-refractivity contribution in [2.24, 2.45) is 0 Å². The number of rotatable bonds is 3. The highest BCUT2D eigenvalue weighted by Gasteiger charge is 2.16. The minimum Gasteiger partial charge on any atom is -0.507 e. The lowest BCUT2D eigenvalue weighted by atomic mass is 10.2. The number of carbonyl (C=O) groups is 3. The molecular formula is C12H16O10S. The Bertz CT molecular complexity index is 658. The van der Waals surface area contributed by atoms with E-state index in [1.165, 1.54) is 0 Å². The first-order chi connectivity index (χ1) is 10.3. The first-order valence-electron chi connectivity index (χ1n) is 5.78. The van der Waals surface area contributed by atoms with Crippen molar-refractivity contribution in [3.05, 3.63) is 23.8 Å². The van der Waals surface area contributed by atoms with Crippen LogP contribution in [0.5, 0.6) is 5.75 Å². The molecule has 0 atom stereocenters. The monoisotopic (exact) mass is 352 g/mol. The van der Waals surface area contributed by atoms with Gasteiger partial charge in [0.25, 0.3) is 16.1 Å². The lowest BCUT2D eigenvalue weighted by Crippen LogP contribution is -2.02. The summed E-state index contributed by atoms with van der Waals surface area (Å²) in [7, 11) is -4.45. The van der Waals surface area contributed by atoms with E-state index in [-0.39, 0.29) is 6.42 Å². The molecule has 0 aliphatic rings. The maximum atomic E-state index is 10.6. The molecule has 10 nitrogen and oxygen atoms in total. The van der Waals surface area contributed by atoms with E-state index in [4.69, 9.17) is 29.8 Å².